The van der Waals surface area contributed by atoms with E-state index in [1.807, 2.05) is 0 Å². The van der Waals surface area contributed by atoms with Crippen LogP contribution in [0.5, 0.6) is 10.8 Å². The second-order valence-electron chi connectivity index (χ2n) is 6.66. The van der Waals surface area contributed by atoms with Gasteiger partial charge in [0.2, 0.25) is 5.06 Å². The quantitative estimate of drug-likeness (QED) is 0.908. The van der Waals surface area contributed by atoms with Crippen LogP contribution in [0.25, 0.3) is 0 Å². The fourth-order valence-electron chi connectivity index (χ4n) is 3.82. The first-order chi connectivity index (χ1) is 12.1. The third kappa shape index (κ3) is 3.39. The molecule has 1 aromatic carbocycles. The second-order valence-corrected chi connectivity index (χ2v) is 7.65. The van der Waals surface area contributed by atoms with Gasteiger partial charge >= 0.3 is 0 Å². The Hall–Kier alpha value is -1.99. The van der Waals surface area contributed by atoms with Crippen molar-refractivity contribution < 1.29 is 13.9 Å². The zero-order valence-electron chi connectivity index (χ0n) is 13.9. The Labute approximate surface area is 149 Å². The van der Waals surface area contributed by atoms with Crippen LogP contribution in [0.15, 0.2) is 30.5 Å². The summed E-state index contributed by atoms with van der Waals surface area (Å²) in [4.78, 5) is 19.2. The lowest BCUT2D eigenvalue weighted by Gasteiger charge is -2.49. The number of thiazole rings is 1. The molecule has 2 aromatic rings. The molecule has 5 rings (SSSR count). The number of nitrogens with zero attached hydrogens (tertiary/aromatic N) is 2. The van der Waals surface area contributed by atoms with Gasteiger partial charge in [-0.2, -0.15) is 0 Å². The summed E-state index contributed by atoms with van der Waals surface area (Å²) in [5.74, 6) is 0.412. The Morgan fingerprint density at radius 2 is 2.20 bits per heavy atom. The lowest BCUT2D eigenvalue weighted by Crippen LogP contribution is -2.62. The van der Waals surface area contributed by atoms with E-state index in [1.165, 1.54) is 29.7 Å². The van der Waals surface area contributed by atoms with Crippen molar-refractivity contribution >= 4 is 17.2 Å². The molecule has 2 atom stereocenters. The van der Waals surface area contributed by atoms with Crippen molar-refractivity contribution in [2.24, 2.45) is 5.92 Å². The van der Waals surface area contributed by atoms with Crippen LogP contribution in [0.3, 0.4) is 0 Å². The SMILES string of the molecule is CC1C(NC(=O)c2ncc(Oc3cccc(F)c3)s2)C2CCN1CC2. The number of piperidine rings is 3. The zero-order chi connectivity index (χ0) is 17.4. The minimum absolute atomic E-state index is 0.162. The van der Waals surface area contributed by atoms with Gasteiger partial charge in [-0.05, 0) is 50.9 Å². The number of halogens is 1. The first kappa shape index (κ1) is 16.5. The van der Waals surface area contributed by atoms with Crippen molar-refractivity contribution in [2.45, 2.75) is 31.8 Å². The van der Waals surface area contributed by atoms with Crippen LogP contribution in [0, 0.1) is 11.7 Å². The van der Waals surface area contributed by atoms with Gasteiger partial charge < -0.3 is 10.1 Å². The van der Waals surface area contributed by atoms with Gasteiger partial charge in [0.15, 0.2) is 5.01 Å². The summed E-state index contributed by atoms with van der Waals surface area (Å²) in [6.07, 6.45) is 3.78. The third-order valence-electron chi connectivity index (χ3n) is 5.17. The highest BCUT2D eigenvalue weighted by Gasteiger charge is 2.40. The van der Waals surface area contributed by atoms with E-state index < -0.39 is 0 Å². The van der Waals surface area contributed by atoms with Crippen LogP contribution in [-0.2, 0) is 0 Å². The number of carbonyl (C=O) groups is 1. The minimum Gasteiger partial charge on any atom is -0.445 e. The smallest absolute Gasteiger partial charge is 0.280 e. The maximum Gasteiger partial charge on any atom is 0.280 e. The van der Waals surface area contributed by atoms with E-state index in [4.69, 9.17) is 4.74 Å². The van der Waals surface area contributed by atoms with E-state index in [0.717, 1.165) is 25.9 Å². The summed E-state index contributed by atoms with van der Waals surface area (Å²) in [7, 11) is 0. The number of amides is 1. The van der Waals surface area contributed by atoms with Crippen molar-refractivity contribution in [3.05, 3.63) is 41.3 Å². The molecule has 3 aliphatic rings. The van der Waals surface area contributed by atoms with E-state index >= 15 is 0 Å². The van der Waals surface area contributed by atoms with Crippen LogP contribution in [0.1, 0.15) is 29.6 Å². The summed E-state index contributed by atoms with van der Waals surface area (Å²) >= 11 is 1.17. The largest absolute Gasteiger partial charge is 0.445 e. The van der Waals surface area contributed by atoms with Crippen LogP contribution in [-0.4, -0.2) is 41.0 Å². The normalized spacial score (nSPS) is 27.9. The number of benzene rings is 1. The molecule has 2 bridgehead atoms. The Balaban J connectivity index is 1.42. The highest BCUT2D eigenvalue weighted by molar-refractivity contribution is 7.15. The van der Waals surface area contributed by atoms with Gasteiger partial charge in [-0.15, -0.1) is 0 Å². The molecule has 3 aliphatic heterocycles. The van der Waals surface area contributed by atoms with Crippen molar-refractivity contribution in [3.8, 4) is 10.8 Å². The van der Waals surface area contributed by atoms with E-state index in [1.54, 1.807) is 12.1 Å². The molecule has 132 valence electrons. The number of carbonyl (C=O) groups excluding carboxylic acids is 1. The van der Waals surface area contributed by atoms with Crippen LogP contribution in [0.4, 0.5) is 4.39 Å². The van der Waals surface area contributed by atoms with Crippen LogP contribution >= 0.6 is 11.3 Å². The lowest BCUT2D eigenvalue weighted by atomic mass is 9.79. The van der Waals surface area contributed by atoms with Gasteiger partial charge in [0.05, 0.1) is 6.20 Å². The molecule has 4 heterocycles. The summed E-state index contributed by atoms with van der Waals surface area (Å²) < 4.78 is 18.8. The van der Waals surface area contributed by atoms with Crippen molar-refractivity contribution in [1.29, 1.82) is 0 Å². The standard InChI is InChI=1S/C18H20FN3O2S/c1-11-16(12-5-7-22(11)8-6-12)21-17(23)18-20-10-15(25-18)24-14-4-2-3-13(19)9-14/h2-4,9-12,16H,5-8H2,1H3,(H,21,23). The lowest BCUT2D eigenvalue weighted by molar-refractivity contribution is 0.0217. The van der Waals surface area contributed by atoms with Gasteiger partial charge in [-0.3, -0.25) is 9.69 Å². The Kier molecular flexibility index (Phi) is 4.43. The first-order valence-electron chi connectivity index (χ1n) is 8.54. The predicted octanol–water partition coefficient (Wildman–Crippen LogP) is 3.29. The van der Waals surface area contributed by atoms with Gasteiger partial charge in [0.1, 0.15) is 11.6 Å². The molecule has 1 amide bonds. The van der Waals surface area contributed by atoms with E-state index in [9.17, 15) is 9.18 Å². The highest BCUT2D eigenvalue weighted by Crippen LogP contribution is 2.33. The number of rotatable bonds is 4. The molecular formula is C18H20FN3O2S. The molecule has 1 N–H and O–H groups in total. The topological polar surface area (TPSA) is 54.5 Å². The van der Waals surface area contributed by atoms with Crippen molar-refractivity contribution in [1.82, 2.24) is 15.2 Å². The highest BCUT2D eigenvalue weighted by atomic mass is 32.1. The van der Waals surface area contributed by atoms with Gasteiger partial charge in [-0.25, -0.2) is 9.37 Å². The fourth-order valence-corrected chi connectivity index (χ4v) is 4.51. The summed E-state index contributed by atoms with van der Waals surface area (Å²) in [5, 5.41) is 3.99. The number of nitrogens with one attached hydrogen (secondary N) is 1. The molecule has 0 saturated carbocycles. The Morgan fingerprint density at radius 3 is 2.92 bits per heavy atom. The third-order valence-corrected chi connectivity index (χ3v) is 6.04. The number of fused-ring (bicyclic) bond motifs is 3. The van der Waals surface area contributed by atoms with Crippen molar-refractivity contribution in [2.75, 3.05) is 13.1 Å². The average Bonchev–Trinajstić information content (AvgIpc) is 3.07. The number of ether oxygens (including phenoxy) is 1. The second kappa shape index (κ2) is 6.72. The number of aromatic nitrogens is 1. The van der Waals surface area contributed by atoms with Gasteiger partial charge in [-0.1, -0.05) is 17.4 Å². The maximum absolute atomic E-state index is 13.2. The maximum atomic E-state index is 13.2. The van der Waals surface area contributed by atoms with Gasteiger partial charge in [0, 0.05) is 18.2 Å². The van der Waals surface area contributed by atoms with E-state index in [2.05, 4.69) is 22.1 Å². The first-order valence-corrected chi connectivity index (χ1v) is 9.36. The van der Waals surface area contributed by atoms with Crippen molar-refractivity contribution in [3.63, 3.8) is 0 Å². The predicted molar refractivity (Wildman–Crippen MR) is 93.6 cm³/mol. The fraction of sp³-hybridized carbons (Fsp3) is 0.444. The molecule has 3 fully saturated rings. The molecule has 3 saturated heterocycles. The summed E-state index contributed by atoms with van der Waals surface area (Å²) in [6, 6.07) is 6.43. The minimum atomic E-state index is -0.365. The molecular weight excluding hydrogens is 341 g/mol. The van der Waals surface area contributed by atoms with Crippen LogP contribution in [0.2, 0.25) is 0 Å². The van der Waals surface area contributed by atoms with E-state index in [-0.39, 0.29) is 17.8 Å². The Morgan fingerprint density at radius 1 is 1.40 bits per heavy atom. The number of hydrogen-bond acceptors (Lipinski definition) is 5. The zero-order valence-corrected chi connectivity index (χ0v) is 14.8. The van der Waals surface area contributed by atoms with Gasteiger partial charge in [0.25, 0.3) is 5.91 Å². The monoisotopic (exact) mass is 361 g/mol. The molecule has 0 aliphatic carbocycles. The molecule has 5 nitrogen and oxygen atoms in total. The summed E-state index contributed by atoms with van der Waals surface area (Å²) in [6.45, 7) is 4.43. The molecule has 0 spiro atoms. The van der Waals surface area contributed by atoms with Crippen LogP contribution < -0.4 is 10.1 Å². The molecule has 1 aromatic heterocycles. The summed E-state index contributed by atoms with van der Waals surface area (Å²) in [5.41, 5.74) is 0. The molecule has 2 unspecified atom stereocenters. The molecule has 0 radical (unpaired) electrons. The number of hydrogen-bond donors (Lipinski definition) is 1. The average molecular weight is 361 g/mol. The Bertz CT molecular complexity index is 771. The van der Waals surface area contributed by atoms with E-state index in [0.29, 0.717) is 27.8 Å². The molecule has 25 heavy (non-hydrogen) atoms. The molecule has 7 heteroatoms.